The second-order valence-electron chi connectivity index (χ2n) is 10.4. The SMILES string of the molecule is NC(=O)c1nn(CC(=O)N2[C@@H]3CC[C@@H](C3)[C@H]2C(=O)Nc2cccc(Cl)n2)c2ccc(NC(=O)c3cccc(F)c3)cc12. The van der Waals surface area contributed by atoms with Crippen LogP contribution in [0.2, 0.25) is 5.15 Å². The molecule has 1 saturated heterocycles. The average Bonchev–Trinajstić information content (AvgIpc) is 3.66. The Kier molecular flexibility index (Phi) is 7.07. The van der Waals surface area contributed by atoms with E-state index in [0.717, 1.165) is 18.9 Å². The third-order valence-electron chi connectivity index (χ3n) is 7.72. The second kappa shape index (κ2) is 10.9. The molecule has 0 radical (unpaired) electrons. The Hall–Kier alpha value is -4.84. The van der Waals surface area contributed by atoms with E-state index < -0.39 is 23.7 Å². The Labute approximate surface area is 243 Å². The maximum absolute atomic E-state index is 13.7. The van der Waals surface area contributed by atoms with Crippen LogP contribution in [-0.2, 0) is 16.1 Å². The molecule has 2 bridgehead atoms. The summed E-state index contributed by atoms with van der Waals surface area (Å²) in [6, 6.07) is 14.1. The molecule has 1 aliphatic carbocycles. The zero-order valence-electron chi connectivity index (χ0n) is 22.1. The zero-order chi connectivity index (χ0) is 29.5. The van der Waals surface area contributed by atoms with E-state index in [9.17, 15) is 23.6 Å². The number of piperidine rings is 1. The van der Waals surface area contributed by atoms with Crippen molar-refractivity contribution in [2.45, 2.75) is 37.9 Å². The predicted molar refractivity (Wildman–Crippen MR) is 152 cm³/mol. The quantitative estimate of drug-likeness (QED) is 0.280. The summed E-state index contributed by atoms with van der Waals surface area (Å²) in [5.41, 5.74) is 6.40. The Morgan fingerprint density at radius 1 is 1.02 bits per heavy atom. The fourth-order valence-electron chi connectivity index (χ4n) is 5.96. The van der Waals surface area contributed by atoms with Crippen molar-refractivity contribution >= 4 is 57.6 Å². The summed E-state index contributed by atoms with van der Waals surface area (Å²) >= 11 is 5.96. The van der Waals surface area contributed by atoms with Gasteiger partial charge in [-0.3, -0.25) is 23.9 Å². The first-order chi connectivity index (χ1) is 20.2. The van der Waals surface area contributed by atoms with Crippen molar-refractivity contribution in [2.24, 2.45) is 11.7 Å². The van der Waals surface area contributed by atoms with Crippen LogP contribution in [0.25, 0.3) is 10.9 Å². The molecule has 1 saturated carbocycles. The fraction of sp³-hybridized carbons (Fsp3) is 0.241. The number of carbonyl (C=O) groups excluding carboxylic acids is 4. The molecule has 4 amide bonds. The van der Waals surface area contributed by atoms with Crippen LogP contribution in [0.15, 0.2) is 60.7 Å². The molecule has 42 heavy (non-hydrogen) atoms. The molecule has 3 heterocycles. The number of hydrogen-bond donors (Lipinski definition) is 3. The summed E-state index contributed by atoms with van der Waals surface area (Å²) in [6.45, 7) is -0.235. The Morgan fingerprint density at radius 3 is 2.60 bits per heavy atom. The number of nitrogens with one attached hydrogen (secondary N) is 2. The summed E-state index contributed by atoms with van der Waals surface area (Å²) < 4.78 is 14.9. The maximum Gasteiger partial charge on any atom is 0.269 e. The highest BCUT2D eigenvalue weighted by Gasteiger charge is 2.51. The second-order valence-corrected chi connectivity index (χ2v) is 10.8. The van der Waals surface area contributed by atoms with Crippen LogP contribution in [0.4, 0.5) is 15.9 Å². The van der Waals surface area contributed by atoms with Crippen molar-refractivity contribution < 1.29 is 23.6 Å². The lowest BCUT2D eigenvalue weighted by Gasteiger charge is -2.34. The van der Waals surface area contributed by atoms with Gasteiger partial charge in [0.25, 0.3) is 11.8 Å². The van der Waals surface area contributed by atoms with Crippen LogP contribution in [0.5, 0.6) is 0 Å². The van der Waals surface area contributed by atoms with Gasteiger partial charge in [0.15, 0.2) is 5.69 Å². The van der Waals surface area contributed by atoms with Crippen molar-refractivity contribution in [3.05, 3.63) is 82.9 Å². The smallest absolute Gasteiger partial charge is 0.269 e. The number of nitrogens with zero attached hydrogens (tertiary/aromatic N) is 4. The number of carbonyl (C=O) groups is 4. The van der Waals surface area contributed by atoms with Crippen LogP contribution in [0.1, 0.15) is 40.1 Å². The monoisotopic (exact) mass is 589 g/mol. The molecule has 1 aliphatic heterocycles. The summed E-state index contributed by atoms with van der Waals surface area (Å²) in [6.07, 6.45) is 2.33. The number of hydrogen-bond acceptors (Lipinski definition) is 6. The number of aromatic nitrogens is 3. The summed E-state index contributed by atoms with van der Waals surface area (Å²) in [4.78, 5) is 57.6. The number of halogens is 2. The van der Waals surface area contributed by atoms with Gasteiger partial charge in [-0.25, -0.2) is 9.37 Å². The molecule has 0 spiro atoms. The predicted octanol–water partition coefficient (Wildman–Crippen LogP) is 3.59. The number of nitrogens with two attached hydrogens (primary N) is 1. The van der Waals surface area contributed by atoms with Crippen molar-refractivity contribution in [1.82, 2.24) is 19.7 Å². The van der Waals surface area contributed by atoms with Gasteiger partial charge in [-0.05, 0) is 73.7 Å². The van der Waals surface area contributed by atoms with Crippen molar-refractivity contribution in [3.8, 4) is 0 Å². The minimum atomic E-state index is -0.814. The van der Waals surface area contributed by atoms with Crippen LogP contribution >= 0.6 is 11.6 Å². The fourth-order valence-corrected chi connectivity index (χ4v) is 6.13. The molecular formula is C29H25ClFN7O4. The lowest BCUT2D eigenvalue weighted by molar-refractivity contribution is -0.141. The van der Waals surface area contributed by atoms with Gasteiger partial charge in [0.1, 0.15) is 29.4 Å². The van der Waals surface area contributed by atoms with Crippen molar-refractivity contribution in [3.63, 3.8) is 0 Å². The minimum absolute atomic E-state index is 0.0120. The van der Waals surface area contributed by atoms with Gasteiger partial charge < -0.3 is 21.3 Å². The molecule has 2 aromatic carbocycles. The number of pyridine rings is 1. The number of fused-ring (bicyclic) bond motifs is 3. The number of primary amides is 1. The first-order valence-corrected chi connectivity index (χ1v) is 13.7. The Bertz CT molecular complexity index is 1760. The molecule has 6 rings (SSSR count). The van der Waals surface area contributed by atoms with Gasteiger partial charge >= 0.3 is 0 Å². The average molecular weight is 590 g/mol. The van der Waals surface area contributed by atoms with Gasteiger partial charge in [-0.1, -0.05) is 23.7 Å². The third kappa shape index (κ3) is 5.16. The molecule has 2 aliphatic rings. The molecule has 13 heteroatoms. The van der Waals surface area contributed by atoms with E-state index in [-0.39, 0.29) is 46.7 Å². The van der Waals surface area contributed by atoms with E-state index in [2.05, 4.69) is 20.7 Å². The van der Waals surface area contributed by atoms with E-state index in [1.165, 1.54) is 28.9 Å². The molecule has 0 unspecified atom stereocenters. The molecule has 11 nitrogen and oxygen atoms in total. The number of rotatable bonds is 7. The van der Waals surface area contributed by atoms with Gasteiger partial charge in [-0.15, -0.1) is 0 Å². The van der Waals surface area contributed by atoms with E-state index in [1.54, 1.807) is 35.2 Å². The molecule has 3 atom stereocenters. The summed E-state index contributed by atoms with van der Waals surface area (Å²) in [5, 5.41) is 10.3. The lowest BCUT2D eigenvalue weighted by atomic mass is 9.97. The molecule has 4 aromatic rings. The van der Waals surface area contributed by atoms with E-state index in [4.69, 9.17) is 17.3 Å². The summed E-state index contributed by atoms with van der Waals surface area (Å²) in [7, 11) is 0. The highest BCUT2D eigenvalue weighted by atomic mass is 35.5. The highest BCUT2D eigenvalue weighted by molar-refractivity contribution is 6.29. The molecule has 2 fully saturated rings. The number of amides is 4. The van der Waals surface area contributed by atoms with Crippen LogP contribution < -0.4 is 16.4 Å². The van der Waals surface area contributed by atoms with Gasteiger partial charge in [0.05, 0.1) is 5.52 Å². The van der Waals surface area contributed by atoms with Gasteiger partial charge in [-0.2, -0.15) is 5.10 Å². The Balaban J connectivity index is 1.24. The molecular weight excluding hydrogens is 565 g/mol. The maximum atomic E-state index is 13.7. The van der Waals surface area contributed by atoms with Crippen LogP contribution in [-0.4, -0.2) is 55.4 Å². The first kappa shape index (κ1) is 27.3. The first-order valence-electron chi connectivity index (χ1n) is 13.3. The number of anilines is 2. The third-order valence-corrected chi connectivity index (χ3v) is 7.93. The minimum Gasteiger partial charge on any atom is -0.364 e. The van der Waals surface area contributed by atoms with Crippen molar-refractivity contribution in [1.29, 1.82) is 0 Å². The normalized spacial score (nSPS) is 19.2. The lowest BCUT2D eigenvalue weighted by Crippen LogP contribution is -2.52. The largest absolute Gasteiger partial charge is 0.364 e. The van der Waals surface area contributed by atoms with Crippen molar-refractivity contribution in [2.75, 3.05) is 10.6 Å². The zero-order valence-corrected chi connectivity index (χ0v) is 22.8. The van der Waals surface area contributed by atoms with E-state index in [1.807, 2.05) is 0 Å². The topological polar surface area (TPSA) is 152 Å². The molecule has 4 N–H and O–H groups in total. The van der Waals surface area contributed by atoms with Gasteiger partial charge in [0, 0.05) is 22.7 Å². The molecule has 214 valence electrons. The Morgan fingerprint density at radius 2 is 1.83 bits per heavy atom. The van der Waals surface area contributed by atoms with E-state index in [0.29, 0.717) is 28.8 Å². The number of benzene rings is 2. The highest BCUT2D eigenvalue weighted by Crippen LogP contribution is 2.43. The van der Waals surface area contributed by atoms with Crippen LogP contribution in [0, 0.1) is 11.7 Å². The molecule has 2 aromatic heterocycles. The van der Waals surface area contributed by atoms with E-state index >= 15 is 0 Å². The number of likely N-dealkylation sites (tertiary alicyclic amines) is 1. The standard InChI is InChI=1S/C29H25ClFN7O4/c30-22-5-2-6-23(34-22)35-29(42)26-15-7-9-19(12-15)38(26)24(39)14-37-21-10-8-18(13-20(21)25(36-37)27(32)40)33-28(41)16-3-1-4-17(31)11-16/h1-6,8,10-11,13,15,19,26H,7,9,12,14H2,(H2,32,40)(H,33,41)(H,34,35,42)/t15-,19+,26-/m0/s1. The summed E-state index contributed by atoms with van der Waals surface area (Å²) in [5.74, 6) is -2.26. The van der Waals surface area contributed by atoms with Crippen LogP contribution in [0.3, 0.4) is 0 Å². The van der Waals surface area contributed by atoms with Gasteiger partial charge in [0.2, 0.25) is 11.8 Å².